The summed E-state index contributed by atoms with van der Waals surface area (Å²) in [6, 6.07) is 26.0. The quantitative estimate of drug-likeness (QED) is 0.484. The standard InChI is InChI=1S/C26H24N4O2/c31-26(18-32-24-12-6-10-20-7-4-5-11-22(20)24)30-15-13-29(14-16-30)25-17-23(27-19-28-25)21-8-2-1-3-9-21/h1-12,17,19H,13-16,18H2. The maximum Gasteiger partial charge on any atom is 0.260 e. The van der Waals surface area contributed by atoms with E-state index in [9.17, 15) is 4.79 Å². The molecule has 0 unspecified atom stereocenters. The average Bonchev–Trinajstić information content (AvgIpc) is 2.88. The summed E-state index contributed by atoms with van der Waals surface area (Å²) in [5.41, 5.74) is 1.97. The molecule has 6 nitrogen and oxygen atoms in total. The molecule has 0 radical (unpaired) electrons. The minimum absolute atomic E-state index is 0.00486. The first kappa shape index (κ1) is 20.0. The number of rotatable bonds is 5. The maximum absolute atomic E-state index is 12.7. The van der Waals surface area contributed by atoms with Crippen molar-refractivity contribution >= 4 is 22.5 Å². The van der Waals surface area contributed by atoms with Gasteiger partial charge in [-0.2, -0.15) is 0 Å². The number of hydrogen-bond donors (Lipinski definition) is 0. The lowest BCUT2D eigenvalue weighted by Crippen LogP contribution is -2.50. The number of benzene rings is 3. The van der Waals surface area contributed by atoms with Crippen LogP contribution >= 0.6 is 0 Å². The summed E-state index contributed by atoms with van der Waals surface area (Å²) < 4.78 is 5.89. The van der Waals surface area contributed by atoms with Crippen LogP contribution in [-0.2, 0) is 4.79 Å². The minimum atomic E-state index is 0.00486. The molecule has 0 spiro atoms. The molecule has 1 fully saturated rings. The first-order chi connectivity index (χ1) is 15.8. The van der Waals surface area contributed by atoms with Crippen molar-refractivity contribution in [2.24, 2.45) is 0 Å². The van der Waals surface area contributed by atoms with Crippen LogP contribution in [0.2, 0.25) is 0 Å². The monoisotopic (exact) mass is 424 g/mol. The number of piperazine rings is 1. The molecule has 1 amide bonds. The zero-order valence-electron chi connectivity index (χ0n) is 17.7. The van der Waals surface area contributed by atoms with Gasteiger partial charge in [-0.15, -0.1) is 0 Å². The number of aromatic nitrogens is 2. The van der Waals surface area contributed by atoms with E-state index < -0.39 is 0 Å². The number of fused-ring (bicyclic) bond motifs is 1. The Labute approximate surface area is 187 Å². The summed E-state index contributed by atoms with van der Waals surface area (Å²) >= 11 is 0. The number of carbonyl (C=O) groups excluding carboxylic acids is 1. The van der Waals surface area contributed by atoms with E-state index in [-0.39, 0.29) is 12.5 Å². The fourth-order valence-corrected chi connectivity index (χ4v) is 4.02. The predicted molar refractivity (Wildman–Crippen MR) is 126 cm³/mol. The molecule has 0 atom stereocenters. The van der Waals surface area contributed by atoms with E-state index in [1.54, 1.807) is 6.33 Å². The molecule has 5 rings (SSSR count). The molecule has 1 saturated heterocycles. The van der Waals surface area contributed by atoms with Crippen molar-refractivity contribution in [3.8, 4) is 17.0 Å². The molecular weight excluding hydrogens is 400 g/mol. The van der Waals surface area contributed by atoms with Gasteiger partial charge in [0.05, 0.1) is 5.69 Å². The lowest BCUT2D eigenvalue weighted by molar-refractivity contribution is -0.133. The van der Waals surface area contributed by atoms with Crippen LogP contribution in [0.3, 0.4) is 0 Å². The maximum atomic E-state index is 12.7. The summed E-state index contributed by atoms with van der Waals surface area (Å²) in [7, 11) is 0. The molecule has 0 aliphatic carbocycles. The number of hydrogen-bond acceptors (Lipinski definition) is 5. The van der Waals surface area contributed by atoms with Gasteiger partial charge in [0.15, 0.2) is 6.61 Å². The van der Waals surface area contributed by atoms with Gasteiger partial charge in [0.25, 0.3) is 5.91 Å². The molecule has 1 aliphatic heterocycles. The largest absolute Gasteiger partial charge is 0.483 e. The van der Waals surface area contributed by atoms with Gasteiger partial charge < -0.3 is 14.5 Å². The van der Waals surface area contributed by atoms with Gasteiger partial charge in [-0.1, -0.05) is 66.7 Å². The Morgan fingerprint density at radius 3 is 2.44 bits per heavy atom. The molecule has 3 aromatic carbocycles. The van der Waals surface area contributed by atoms with Gasteiger partial charge in [-0.3, -0.25) is 4.79 Å². The Kier molecular flexibility index (Phi) is 5.66. The van der Waals surface area contributed by atoms with Gasteiger partial charge in [-0.25, -0.2) is 9.97 Å². The zero-order valence-corrected chi connectivity index (χ0v) is 17.7. The van der Waals surface area contributed by atoms with Crippen molar-refractivity contribution in [3.63, 3.8) is 0 Å². The van der Waals surface area contributed by atoms with Gasteiger partial charge >= 0.3 is 0 Å². The molecule has 1 aromatic heterocycles. The Morgan fingerprint density at radius 1 is 0.844 bits per heavy atom. The van der Waals surface area contributed by atoms with Crippen LogP contribution in [0.25, 0.3) is 22.0 Å². The van der Waals surface area contributed by atoms with Crippen molar-refractivity contribution in [2.45, 2.75) is 0 Å². The van der Waals surface area contributed by atoms with E-state index >= 15 is 0 Å². The molecule has 0 N–H and O–H groups in total. The predicted octanol–water partition coefficient (Wildman–Crippen LogP) is 4.02. The molecule has 0 saturated carbocycles. The highest BCUT2D eigenvalue weighted by atomic mass is 16.5. The lowest BCUT2D eigenvalue weighted by Gasteiger charge is -2.35. The number of ether oxygens (including phenoxy) is 1. The molecule has 6 heteroatoms. The smallest absolute Gasteiger partial charge is 0.260 e. The Morgan fingerprint density at radius 2 is 1.59 bits per heavy atom. The van der Waals surface area contributed by atoms with Crippen LogP contribution in [0, 0.1) is 0 Å². The molecule has 32 heavy (non-hydrogen) atoms. The average molecular weight is 425 g/mol. The Bertz CT molecular complexity index is 1220. The first-order valence-electron chi connectivity index (χ1n) is 10.8. The topological polar surface area (TPSA) is 58.6 Å². The third-order valence-corrected chi connectivity index (χ3v) is 5.78. The van der Waals surface area contributed by atoms with Crippen molar-refractivity contribution in [1.82, 2.24) is 14.9 Å². The second-order valence-electron chi connectivity index (χ2n) is 7.76. The third-order valence-electron chi connectivity index (χ3n) is 5.78. The SMILES string of the molecule is O=C(COc1cccc2ccccc12)N1CCN(c2cc(-c3ccccc3)ncn2)CC1. The lowest BCUT2D eigenvalue weighted by atomic mass is 10.1. The van der Waals surface area contributed by atoms with Crippen molar-refractivity contribution in [2.75, 3.05) is 37.7 Å². The van der Waals surface area contributed by atoms with Crippen LogP contribution in [0.5, 0.6) is 5.75 Å². The highest BCUT2D eigenvalue weighted by molar-refractivity contribution is 5.88. The minimum Gasteiger partial charge on any atom is -0.483 e. The van der Waals surface area contributed by atoms with Crippen molar-refractivity contribution in [3.05, 3.63) is 85.2 Å². The van der Waals surface area contributed by atoms with Crippen LogP contribution < -0.4 is 9.64 Å². The number of amides is 1. The summed E-state index contributed by atoms with van der Waals surface area (Å²) in [5.74, 6) is 1.63. The van der Waals surface area contributed by atoms with Gasteiger partial charge in [0, 0.05) is 43.2 Å². The van der Waals surface area contributed by atoms with Crippen LogP contribution in [0.1, 0.15) is 0 Å². The summed E-state index contributed by atoms with van der Waals surface area (Å²) in [5, 5.41) is 2.12. The second kappa shape index (κ2) is 9.06. The fraction of sp³-hybridized carbons (Fsp3) is 0.192. The Hall–Kier alpha value is -3.93. The van der Waals surface area contributed by atoms with Gasteiger partial charge in [0.1, 0.15) is 17.9 Å². The highest BCUT2D eigenvalue weighted by Crippen LogP contribution is 2.25. The first-order valence-corrected chi connectivity index (χ1v) is 10.8. The van der Waals surface area contributed by atoms with Gasteiger partial charge in [0.2, 0.25) is 0 Å². The van der Waals surface area contributed by atoms with E-state index in [0.29, 0.717) is 13.1 Å². The summed E-state index contributed by atoms with van der Waals surface area (Å²) in [4.78, 5) is 25.7. The molecule has 0 bridgehead atoms. The molecular formula is C26H24N4O2. The molecule has 4 aromatic rings. The van der Waals surface area contributed by atoms with Crippen molar-refractivity contribution < 1.29 is 9.53 Å². The van der Waals surface area contributed by atoms with Crippen LogP contribution in [0.4, 0.5) is 5.82 Å². The highest BCUT2D eigenvalue weighted by Gasteiger charge is 2.22. The van der Waals surface area contributed by atoms with E-state index in [2.05, 4.69) is 14.9 Å². The fourth-order valence-electron chi connectivity index (χ4n) is 4.02. The second-order valence-corrected chi connectivity index (χ2v) is 7.76. The number of nitrogens with zero attached hydrogens (tertiary/aromatic N) is 4. The van der Waals surface area contributed by atoms with E-state index in [0.717, 1.165) is 46.7 Å². The molecule has 160 valence electrons. The van der Waals surface area contributed by atoms with E-state index in [1.165, 1.54) is 0 Å². The van der Waals surface area contributed by atoms with Crippen LogP contribution in [0.15, 0.2) is 85.2 Å². The third kappa shape index (κ3) is 4.25. The summed E-state index contributed by atoms with van der Waals surface area (Å²) in [6.07, 6.45) is 1.60. The van der Waals surface area contributed by atoms with E-state index in [1.807, 2.05) is 83.8 Å². The Balaban J connectivity index is 1.19. The summed E-state index contributed by atoms with van der Waals surface area (Å²) in [6.45, 7) is 2.78. The van der Waals surface area contributed by atoms with Crippen LogP contribution in [-0.4, -0.2) is 53.6 Å². The van der Waals surface area contributed by atoms with Gasteiger partial charge in [-0.05, 0) is 11.5 Å². The van der Waals surface area contributed by atoms with Crippen molar-refractivity contribution in [1.29, 1.82) is 0 Å². The molecule has 2 heterocycles. The normalized spacial score (nSPS) is 13.9. The zero-order chi connectivity index (χ0) is 21.8. The number of anilines is 1. The number of carbonyl (C=O) groups is 1. The molecule has 1 aliphatic rings. The van der Waals surface area contributed by atoms with E-state index in [4.69, 9.17) is 4.74 Å².